The van der Waals surface area contributed by atoms with Crippen LogP contribution in [0.5, 0.6) is 0 Å². The van der Waals surface area contributed by atoms with E-state index >= 15 is 0 Å². The Morgan fingerprint density at radius 3 is 2.83 bits per heavy atom. The maximum Gasteiger partial charge on any atom is 0.120 e. The van der Waals surface area contributed by atoms with Crippen molar-refractivity contribution in [3.63, 3.8) is 0 Å². The van der Waals surface area contributed by atoms with Gasteiger partial charge in [-0.25, -0.2) is 0 Å². The van der Waals surface area contributed by atoms with Crippen LogP contribution < -0.4 is 0 Å². The minimum absolute atomic E-state index is 0.0310. The molecule has 0 aliphatic carbocycles. The van der Waals surface area contributed by atoms with Crippen LogP contribution in [0.1, 0.15) is 28.0 Å². The highest BCUT2D eigenvalue weighted by Crippen LogP contribution is 2.42. The molecule has 2 bridgehead atoms. The van der Waals surface area contributed by atoms with Gasteiger partial charge in [0.1, 0.15) is 17.8 Å². The molecule has 5 atom stereocenters. The first-order chi connectivity index (χ1) is 6.12. The van der Waals surface area contributed by atoms with E-state index in [0.29, 0.717) is 6.61 Å². The third-order valence-corrected chi connectivity index (χ3v) is 2.94. The van der Waals surface area contributed by atoms with Crippen LogP contribution in [0.2, 0.25) is 0 Å². The van der Waals surface area contributed by atoms with Crippen molar-refractivity contribution in [2.24, 2.45) is 0 Å². The molecule has 0 radical (unpaired) electrons. The van der Waals surface area contributed by atoms with Crippen LogP contribution in [0.15, 0.2) is 0 Å². The molecule has 2 aliphatic heterocycles. The molecule has 0 aromatic rings. The monoisotopic (exact) mass is 173 g/mol. The molecule has 0 aromatic heterocycles. The van der Waals surface area contributed by atoms with Gasteiger partial charge < -0.3 is 14.6 Å². The number of aliphatic hydroxyl groups excluding tert-OH is 1. The van der Waals surface area contributed by atoms with Crippen LogP contribution in [0.3, 0.4) is 0 Å². The van der Waals surface area contributed by atoms with Gasteiger partial charge in [0.05, 0.1) is 12.7 Å². The van der Waals surface area contributed by atoms with E-state index in [9.17, 15) is 5.11 Å². The summed E-state index contributed by atoms with van der Waals surface area (Å²) in [5.74, 6) is 0. The first kappa shape index (κ1) is 7.30. The number of rotatable bonds is 2. The molecule has 1 unspecified atom stereocenters. The molecule has 2 saturated heterocycles. The lowest BCUT2D eigenvalue weighted by molar-refractivity contribution is -0.146. The van der Waals surface area contributed by atoms with Gasteiger partial charge in [0, 0.05) is 1.37 Å². The summed E-state index contributed by atoms with van der Waals surface area (Å²) >= 11 is 0. The van der Waals surface area contributed by atoms with Gasteiger partial charge in [0.15, 0.2) is 0 Å². The molecule has 0 spiro atoms. The molecule has 3 heteroatoms. The van der Waals surface area contributed by atoms with Gasteiger partial charge in [-0.3, -0.25) is 0 Å². The summed E-state index contributed by atoms with van der Waals surface area (Å²) < 4.78 is 18.8. The Morgan fingerprint density at radius 1 is 1.67 bits per heavy atom. The van der Waals surface area contributed by atoms with Crippen LogP contribution in [0, 0.1) is 0 Å². The molecule has 0 amide bonds. The summed E-state index contributed by atoms with van der Waals surface area (Å²) in [4.78, 5) is 0. The lowest BCUT2D eigenvalue weighted by Crippen LogP contribution is -2.39. The van der Waals surface area contributed by atoms with Crippen LogP contribution in [0.4, 0.5) is 0 Å². The maximum atomic E-state index is 9.88. The third-order valence-electron chi connectivity index (χ3n) is 2.94. The second kappa shape index (κ2) is 2.69. The van der Waals surface area contributed by atoms with Gasteiger partial charge in [-0.15, -0.1) is 0 Å². The first-order valence-electron chi connectivity index (χ1n) is 5.09. The zero-order valence-corrected chi connectivity index (χ0v) is 7.49. The zero-order chi connectivity index (χ0) is 9.64. The van der Waals surface area contributed by atoms with Crippen molar-refractivity contribution in [1.82, 2.24) is 0 Å². The van der Waals surface area contributed by atoms with E-state index in [1.165, 1.54) is 0 Å². The fourth-order valence-corrected chi connectivity index (χ4v) is 2.08. The number of hydrogen-bond donors (Lipinski definition) is 1. The highest BCUT2D eigenvalue weighted by Gasteiger charge is 2.59. The molecule has 2 heterocycles. The van der Waals surface area contributed by atoms with Crippen LogP contribution in [-0.2, 0) is 9.47 Å². The van der Waals surface area contributed by atoms with Gasteiger partial charge in [-0.05, 0) is 12.8 Å². The molecular weight excluding hydrogens is 156 g/mol. The fourth-order valence-electron chi connectivity index (χ4n) is 2.08. The molecule has 70 valence electrons. The van der Waals surface area contributed by atoms with E-state index in [1.807, 2.05) is 6.92 Å². The van der Waals surface area contributed by atoms with E-state index in [1.54, 1.807) is 6.92 Å². The van der Waals surface area contributed by atoms with E-state index in [0.717, 1.165) is 6.42 Å². The van der Waals surface area contributed by atoms with Gasteiger partial charge in [-0.2, -0.15) is 0 Å². The SMILES string of the molecule is [2H]C(C)[C@@]12CO[C@@H]([C@H](CC)O1)[C@@H]2O. The van der Waals surface area contributed by atoms with Crippen molar-refractivity contribution in [2.75, 3.05) is 6.61 Å². The summed E-state index contributed by atoms with van der Waals surface area (Å²) in [6.07, 6.45) is -0.473. The largest absolute Gasteiger partial charge is 0.387 e. The maximum absolute atomic E-state index is 9.88. The van der Waals surface area contributed by atoms with Crippen molar-refractivity contribution in [3.8, 4) is 0 Å². The molecular formula is C9H16O3. The van der Waals surface area contributed by atoms with E-state index in [4.69, 9.17) is 10.8 Å². The molecule has 2 fully saturated rings. The molecule has 2 aliphatic rings. The van der Waals surface area contributed by atoms with Gasteiger partial charge in [0.2, 0.25) is 0 Å². The molecule has 1 N–H and O–H groups in total. The Labute approximate surface area is 74.1 Å². The van der Waals surface area contributed by atoms with Crippen molar-refractivity contribution in [2.45, 2.75) is 50.6 Å². The van der Waals surface area contributed by atoms with Gasteiger partial charge in [0.25, 0.3) is 0 Å². The first-order valence-corrected chi connectivity index (χ1v) is 4.51. The van der Waals surface area contributed by atoms with Gasteiger partial charge >= 0.3 is 0 Å². The fraction of sp³-hybridized carbons (Fsp3) is 1.00. The summed E-state index contributed by atoms with van der Waals surface area (Å²) in [5, 5.41) is 9.88. The molecule has 0 aromatic carbocycles. The zero-order valence-electron chi connectivity index (χ0n) is 8.49. The van der Waals surface area contributed by atoms with Crippen molar-refractivity contribution in [1.29, 1.82) is 0 Å². The Bertz CT molecular complexity index is 209. The second-order valence-electron chi connectivity index (χ2n) is 3.53. The minimum atomic E-state index is -0.759. The summed E-state index contributed by atoms with van der Waals surface area (Å²) in [7, 11) is 0. The lowest BCUT2D eigenvalue weighted by Gasteiger charge is -2.29. The normalized spacial score (nSPS) is 55.6. The van der Waals surface area contributed by atoms with E-state index in [-0.39, 0.29) is 12.2 Å². The molecule has 3 nitrogen and oxygen atoms in total. The van der Waals surface area contributed by atoms with Crippen LogP contribution in [-0.4, -0.2) is 35.6 Å². The second-order valence-corrected chi connectivity index (χ2v) is 3.53. The quantitative estimate of drug-likeness (QED) is 0.668. The number of fused-ring (bicyclic) bond motifs is 2. The van der Waals surface area contributed by atoms with E-state index < -0.39 is 18.1 Å². The Kier molecular flexibility index (Phi) is 1.63. The summed E-state index contributed by atoms with van der Waals surface area (Å²) in [5.41, 5.74) is -0.759. The highest BCUT2D eigenvalue weighted by atomic mass is 16.6. The minimum Gasteiger partial charge on any atom is -0.387 e. The predicted octanol–water partition coefficient (Wildman–Crippen LogP) is 0.704. The highest BCUT2D eigenvalue weighted by molar-refractivity contribution is 5.06. The van der Waals surface area contributed by atoms with Crippen molar-refractivity contribution in [3.05, 3.63) is 0 Å². The van der Waals surface area contributed by atoms with E-state index in [2.05, 4.69) is 0 Å². The molecule has 2 rings (SSSR count). The van der Waals surface area contributed by atoms with Gasteiger partial charge in [-0.1, -0.05) is 13.8 Å². The number of ether oxygens (including phenoxy) is 2. The molecule has 12 heavy (non-hydrogen) atoms. The number of aliphatic hydroxyl groups is 1. The average Bonchev–Trinajstić information content (AvgIpc) is 2.58. The smallest absolute Gasteiger partial charge is 0.120 e. The predicted molar refractivity (Wildman–Crippen MR) is 43.9 cm³/mol. The Balaban J connectivity index is 2.23. The third kappa shape index (κ3) is 0.873. The number of hydrogen-bond acceptors (Lipinski definition) is 3. The van der Waals surface area contributed by atoms with Crippen LogP contribution in [0.25, 0.3) is 0 Å². The average molecular weight is 173 g/mol. The van der Waals surface area contributed by atoms with Crippen molar-refractivity contribution >= 4 is 0 Å². The molecule has 0 saturated carbocycles. The summed E-state index contributed by atoms with van der Waals surface area (Å²) in [6, 6.07) is 0. The van der Waals surface area contributed by atoms with Crippen molar-refractivity contribution < 1.29 is 16.0 Å². The Morgan fingerprint density at radius 2 is 2.42 bits per heavy atom. The van der Waals surface area contributed by atoms with Crippen LogP contribution >= 0.6 is 0 Å². The topological polar surface area (TPSA) is 38.7 Å². The Hall–Kier alpha value is -0.120. The lowest BCUT2D eigenvalue weighted by atomic mass is 9.96. The standard InChI is InChI=1S/C9H16O3/c1-3-6-7-8(10)9(4-2,12-6)5-11-7/h6-8,10H,3-5H2,1-2H3/t6-,7-,8-,9-/m0/s1/i4D/t4?,6-,7-,8-,9-. The summed E-state index contributed by atoms with van der Waals surface area (Å²) in [6.45, 7) is 4.11.